The third kappa shape index (κ3) is 2.03. The highest BCUT2D eigenvalue weighted by atomic mass is 16.1. The molecule has 1 aromatic heterocycles. The van der Waals surface area contributed by atoms with Crippen molar-refractivity contribution in [2.24, 2.45) is 7.05 Å². The predicted molar refractivity (Wildman–Crippen MR) is 69.0 cm³/mol. The first-order valence-electron chi connectivity index (χ1n) is 5.63. The number of nitrogens with zero attached hydrogens (tertiary/aromatic N) is 1. The molecule has 2 aromatic rings. The molecule has 0 saturated heterocycles. The first kappa shape index (κ1) is 11.7. The van der Waals surface area contributed by atoms with E-state index < -0.39 is 0 Å². The molecule has 1 heterocycles. The van der Waals surface area contributed by atoms with Crippen LogP contribution in [0.25, 0.3) is 11.3 Å². The van der Waals surface area contributed by atoms with E-state index in [4.69, 9.17) is 0 Å². The lowest BCUT2D eigenvalue weighted by Gasteiger charge is -2.05. The molecule has 0 bridgehead atoms. The zero-order valence-corrected chi connectivity index (χ0v) is 10.4. The smallest absolute Gasteiger partial charge is 0.271 e. The zero-order chi connectivity index (χ0) is 12.4. The standard InChI is InChI=1S/C13H17N3O/c1-9-6-4-5-7-10(9)12-11(8-14-2)13(17)16(3)15-12/h4-7,14-15H,8H2,1-3H3. The van der Waals surface area contributed by atoms with Crippen LogP contribution in [-0.4, -0.2) is 16.8 Å². The minimum absolute atomic E-state index is 0.0256. The van der Waals surface area contributed by atoms with Crippen molar-refractivity contribution in [3.63, 3.8) is 0 Å². The molecular weight excluding hydrogens is 214 g/mol. The van der Waals surface area contributed by atoms with E-state index in [-0.39, 0.29) is 5.56 Å². The van der Waals surface area contributed by atoms with E-state index in [0.29, 0.717) is 6.54 Å². The first-order chi connectivity index (χ1) is 8.15. The number of aryl methyl sites for hydroxylation is 2. The van der Waals surface area contributed by atoms with Gasteiger partial charge in [-0.3, -0.25) is 14.6 Å². The maximum atomic E-state index is 12.0. The van der Waals surface area contributed by atoms with E-state index >= 15 is 0 Å². The number of hydrogen-bond acceptors (Lipinski definition) is 2. The molecule has 90 valence electrons. The van der Waals surface area contributed by atoms with Gasteiger partial charge in [0.1, 0.15) is 0 Å². The van der Waals surface area contributed by atoms with Crippen LogP contribution in [0, 0.1) is 6.92 Å². The Balaban J connectivity index is 2.63. The molecule has 0 spiro atoms. The monoisotopic (exact) mass is 231 g/mol. The van der Waals surface area contributed by atoms with Gasteiger partial charge in [-0.1, -0.05) is 24.3 Å². The van der Waals surface area contributed by atoms with E-state index in [2.05, 4.69) is 10.4 Å². The van der Waals surface area contributed by atoms with Crippen LogP contribution in [0.2, 0.25) is 0 Å². The summed E-state index contributed by atoms with van der Waals surface area (Å²) in [5, 5.41) is 6.15. The largest absolute Gasteiger partial charge is 0.315 e. The highest BCUT2D eigenvalue weighted by Crippen LogP contribution is 2.22. The minimum Gasteiger partial charge on any atom is -0.315 e. The zero-order valence-electron chi connectivity index (χ0n) is 10.4. The van der Waals surface area contributed by atoms with Crippen molar-refractivity contribution in [3.8, 4) is 11.3 Å². The predicted octanol–water partition coefficient (Wildman–Crippen LogP) is 1.41. The number of rotatable bonds is 3. The number of hydrogen-bond donors (Lipinski definition) is 2. The number of benzene rings is 1. The van der Waals surface area contributed by atoms with Crippen LogP contribution in [0.15, 0.2) is 29.1 Å². The second-order valence-electron chi connectivity index (χ2n) is 4.17. The van der Waals surface area contributed by atoms with E-state index in [1.165, 1.54) is 4.68 Å². The Bertz CT molecular complexity index is 581. The van der Waals surface area contributed by atoms with Crippen LogP contribution in [0.1, 0.15) is 11.1 Å². The van der Waals surface area contributed by atoms with Crippen LogP contribution in [0.4, 0.5) is 0 Å². The maximum absolute atomic E-state index is 12.0. The average Bonchev–Trinajstić information content (AvgIpc) is 2.58. The number of aromatic nitrogens is 2. The Morgan fingerprint density at radius 1 is 1.35 bits per heavy atom. The molecule has 2 rings (SSSR count). The molecule has 0 aliphatic heterocycles. The van der Waals surface area contributed by atoms with Crippen LogP contribution in [-0.2, 0) is 13.6 Å². The lowest BCUT2D eigenvalue weighted by molar-refractivity contribution is 0.734. The summed E-state index contributed by atoms with van der Waals surface area (Å²) in [6, 6.07) is 8.05. The second kappa shape index (κ2) is 4.59. The topological polar surface area (TPSA) is 49.8 Å². The molecule has 0 saturated carbocycles. The van der Waals surface area contributed by atoms with Gasteiger partial charge in [-0.25, -0.2) is 0 Å². The molecule has 2 N–H and O–H groups in total. The summed E-state index contributed by atoms with van der Waals surface area (Å²) in [6.07, 6.45) is 0. The summed E-state index contributed by atoms with van der Waals surface area (Å²) in [5.74, 6) is 0. The van der Waals surface area contributed by atoms with Gasteiger partial charge in [-0.15, -0.1) is 0 Å². The molecule has 17 heavy (non-hydrogen) atoms. The van der Waals surface area contributed by atoms with Crippen LogP contribution in [0.5, 0.6) is 0 Å². The number of aromatic amines is 1. The van der Waals surface area contributed by atoms with E-state index in [9.17, 15) is 4.79 Å². The highest BCUT2D eigenvalue weighted by Gasteiger charge is 2.14. The van der Waals surface area contributed by atoms with Gasteiger partial charge in [0, 0.05) is 19.2 Å². The molecule has 0 fully saturated rings. The Kier molecular flexibility index (Phi) is 3.15. The molecule has 0 atom stereocenters. The van der Waals surface area contributed by atoms with Crippen LogP contribution < -0.4 is 10.9 Å². The third-order valence-corrected chi connectivity index (χ3v) is 2.91. The molecule has 0 aliphatic carbocycles. The fraction of sp³-hybridized carbons (Fsp3) is 0.308. The van der Waals surface area contributed by atoms with E-state index in [0.717, 1.165) is 22.4 Å². The molecule has 0 radical (unpaired) electrons. The lowest BCUT2D eigenvalue weighted by Crippen LogP contribution is -2.19. The fourth-order valence-corrected chi connectivity index (χ4v) is 2.01. The molecule has 4 heteroatoms. The second-order valence-corrected chi connectivity index (χ2v) is 4.17. The number of nitrogens with one attached hydrogen (secondary N) is 2. The van der Waals surface area contributed by atoms with Gasteiger partial charge in [-0.2, -0.15) is 0 Å². The lowest BCUT2D eigenvalue weighted by atomic mass is 10.0. The maximum Gasteiger partial charge on any atom is 0.271 e. The van der Waals surface area contributed by atoms with Gasteiger partial charge < -0.3 is 5.32 Å². The summed E-state index contributed by atoms with van der Waals surface area (Å²) in [7, 11) is 3.58. The summed E-state index contributed by atoms with van der Waals surface area (Å²) in [4.78, 5) is 12.0. The van der Waals surface area contributed by atoms with Crippen LogP contribution in [0.3, 0.4) is 0 Å². The van der Waals surface area contributed by atoms with Crippen LogP contribution >= 0.6 is 0 Å². The van der Waals surface area contributed by atoms with Crippen molar-refractivity contribution in [3.05, 3.63) is 45.7 Å². The summed E-state index contributed by atoms with van der Waals surface area (Å²) in [5.41, 5.74) is 3.95. The van der Waals surface area contributed by atoms with Gasteiger partial charge in [0.15, 0.2) is 0 Å². The van der Waals surface area contributed by atoms with Crippen molar-refractivity contribution in [1.82, 2.24) is 15.1 Å². The molecule has 0 aliphatic rings. The van der Waals surface area contributed by atoms with Crippen molar-refractivity contribution < 1.29 is 0 Å². The van der Waals surface area contributed by atoms with Crippen molar-refractivity contribution >= 4 is 0 Å². The number of H-pyrrole nitrogens is 1. The summed E-state index contributed by atoms with van der Waals surface area (Å²) in [6.45, 7) is 2.61. The third-order valence-electron chi connectivity index (χ3n) is 2.91. The minimum atomic E-state index is 0.0256. The average molecular weight is 231 g/mol. The van der Waals surface area contributed by atoms with E-state index in [1.807, 2.05) is 38.2 Å². The molecule has 1 aromatic carbocycles. The van der Waals surface area contributed by atoms with Gasteiger partial charge >= 0.3 is 0 Å². The Labute approximate surface area is 100 Å². The Morgan fingerprint density at radius 3 is 2.71 bits per heavy atom. The molecular formula is C13H17N3O. The summed E-state index contributed by atoms with van der Waals surface area (Å²) < 4.78 is 1.52. The normalized spacial score (nSPS) is 10.8. The van der Waals surface area contributed by atoms with Gasteiger partial charge in [0.2, 0.25) is 0 Å². The Hall–Kier alpha value is -1.81. The Morgan fingerprint density at radius 2 is 2.06 bits per heavy atom. The van der Waals surface area contributed by atoms with Gasteiger partial charge in [-0.05, 0) is 19.5 Å². The first-order valence-corrected chi connectivity index (χ1v) is 5.63. The fourth-order valence-electron chi connectivity index (χ4n) is 2.01. The molecule has 0 amide bonds. The van der Waals surface area contributed by atoms with Gasteiger partial charge in [0.25, 0.3) is 5.56 Å². The van der Waals surface area contributed by atoms with Crippen molar-refractivity contribution in [2.75, 3.05) is 7.05 Å². The van der Waals surface area contributed by atoms with Crippen molar-refractivity contribution in [1.29, 1.82) is 0 Å². The summed E-state index contributed by atoms with van der Waals surface area (Å²) >= 11 is 0. The van der Waals surface area contributed by atoms with E-state index in [1.54, 1.807) is 7.05 Å². The molecule has 4 nitrogen and oxygen atoms in total. The van der Waals surface area contributed by atoms with Gasteiger partial charge in [0.05, 0.1) is 11.3 Å². The van der Waals surface area contributed by atoms with Crippen molar-refractivity contribution in [2.45, 2.75) is 13.5 Å². The quantitative estimate of drug-likeness (QED) is 0.839. The molecule has 0 unspecified atom stereocenters. The highest BCUT2D eigenvalue weighted by molar-refractivity contribution is 5.66. The SMILES string of the molecule is CNCc1c(-c2ccccc2C)[nH]n(C)c1=O.